The number of nitrogens with zero attached hydrogens (tertiary/aromatic N) is 2. The van der Waals surface area contributed by atoms with Crippen LogP contribution in [0.3, 0.4) is 0 Å². The van der Waals surface area contributed by atoms with E-state index in [1.807, 2.05) is 5.38 Å². The number of carbonyl (C=O) groups is 1. The van der Waals surface area contributed by atoms with Gasteiger partial charge in [0, 0.05) is 35.6 Å². The Balaban J connectivity index is 1.83. The molecule has 116 valence electrons. The molecule has 1 aromatic carbocycles. The molecule has 4 nitrogen and oxygen atoms in total. The molecular formula is C15H15ClFN3OS. The number of aromatic nitrogens is 1. The van der Waals surface area contributed by atoms with E-state index in [1.165, 1.54) is 6.07 Å². The van der Waals surface area contributed by atoms with Gasteiger partial charge in [-0.25, -0.2) is 9.37 Å². The van der Waals surface area contributed by atoms with E-state index in [1.54, 1.807) is 22.4 Å². The van der Waals surface area contributed by atoms with Crippen molar-refractivity contribution in [3.8, 4) is 0 Å². The minimum atomic E-state index is -0.663. The number of benzene rings is 1. The van der Waals surface area contributed by atoms with E-state index in [0.29, 0.717) is 13.1 Å². The molecule has 1 unspecified atom stereocenters. The number of anilines is 1. The fraction of sp³-hybridized carbons (Fsp3) is 0.333. The van der Waals surface area contributed by atoms with Crippen molar-refractivity contribution in [1.29, 1.82) is 0 Å². The first-order valence-corrected chi connectivity index (χ1v) is 8.25. The third-order valence-electron chi connectivity index (χ3n) is 3.83. The summed E-state index contributed by atoms with van der Waals surface area (Å²) in [5, 5.41) is 3.13. The van der Waals surface area contributed by atoms with Gasteiger partial charge in [0.25, 0.3) is 5.91 Å². The van der Waals surface area contributed by atoms with Crippen LogP contribution in [0.4, 0.5) is 10.1 Å². The van der Waals surface area contributed by atoms with Gasteiger partial charge in [0.2, 0.25) is 0 Å². The number of piperidine rings is 1. The number of carbonyl (C=O) groups excluding carboxylic acids is 1. The van der Waals surface area contributed by atoms with Crippen LogP contribution in [0.2, 0.25) is 5.02 Å². The van der Waals surface area contributed by atoms with E-state index in [0.717, 1.165) is 23.9 Å². The summed E-state index contributed by atoms with van der Waals surface area (Å²) in [6, 6.07) is 2.54. The molecule has 1 aromatic heterocycles. The molecule has 1 aliphatic rings. The molecule has 0 radical (unpaired) electrons. The average Bonchev–Trinajstić information content (AvgIpc) is 3.05. The van der Waals surface area contributed by atoms with Crippen molar-refractivity contribution < 1.29 is 9.18 Å². The van der Waals surface area contributed by atoms with Gasteiger partial charge in [-0.1, -0.05) is 11.6 Å². The summed E-state index contributed by atoms with van der Waals surface area (Å²) in [6.45, 7) is 1.20. The molecule has 2 N–H and O–H groups in total. The molecule has 2 heterocycles. The van der Waals surface area contributed by atoms with Crippen LogP contribution in [0.5, 0.6) is 0 Å². The van der Waals surface area contributed by atoms with Crippen molar-refractivity contribution in [2.24, 2.45) is 0 Å². The third-order valence-corrected chi connectivity index (χ3v) is 4.99. The lowest BCUT2D eigenvalue weighted by atomic mass is 9.98. The summed E-state index contributed by atoms with van der Waals surface area (Å²) in [4.78, 5) is 18.7. The lowest BCUT2D eigenvalue weighted by Gasteiger charge is -2.32. The SMILES string of the molecule is Nc1c(F)cc(Cl)cc1C(=O)N1CCCC(c2nccs2)C1. The molecule has 3 rings (SSSR count). The van der Waals surface area contributed by atoms with E-state index in [-0.39, 0.29) is 28.1 Å². The normalized spacial score (nSPS) is 18.5. The van der Waals surface area contributed by atoms with Crippen molar-refractivity contribution in [3.63, 3.8) is 0 Å². The standard InChI is InChI=1S/C15H15ClFN3OS/c16-10-6-11(13(18)12(17)7-10)15(21)20-4-1-2-9(8-20)14-19-3-5-22-14/h3,5-7,9H,1-2,4,8,18H2. The highest BCUT2D eigenvalue weighted by Gasteiger charge is 2.28. The zero-order valence-electron chi connectivity index (χ0n) is 11.8. The molecule has 1 atom stereocenters. The summed E-state index contributed by atoms with van der Waals surface area (Å²) in [5.41, 5.74) is 5.68. The van der Waals surface area contributed by atoms with E-state index < -0.39 is 5.82 Å². The highest BCUT2D eigenvalue weighted by molar-refractivity contribution is 7.09. The molecule has 1 saturated heterocycles. The van der Waals surface area contributed by atoms with Crippen LogP contribution in [0.15, 0.2) is 23.7 Å². The fourth-order valence-electron chi connectivity index (χ4n) is 2.73. The van der Waals surface area contributed by atoms with E-state index in [4.69, 9.17) is 17.3 Å². The maximum absolute atomic E-state index is 13.7. The van der Waals surface area contributed by atoms with Gasteiger partial charge in [-0.2, -0.15) is 0 Å². The molecule has 0 aliphatic carbocycles. The lowest BCUT2D eigenvalue weighted by molar-refractivity contribution is 0.0707. The molecule has 0 saturated carbocycles. The summed E-state index contributed by atoms with van der Waals surface area (Å²) < 4.78 is 13.7. The Morgan fingerprint density at radius 3 is 3.05 bits per heavy atom. The number of hydrogen-bond acceptors (Lipinski definition) is 4. The van der Waals surface area contributed by atoms with Gasteiger partial charge in [0.05, 0.1) is 16.3 Å². The first-order valence-electron chi connectivity index (χ1n) is 6.99. The number of halogens is 2. The summed E-state index contributed by atoms with van der Waals surface area (Å²) in [5.74, 6) is -0.715. The predicted octanol–water partition coefficient (Wildman–Crippen LogP) is 3.54. The van der Waals surface area contributed by atoms with Gasteiger partial charge in [0.15, 0.2) is 0 Å². The van der Waals surface area contributed by atoms with Crippen LogP contribution in [-0.2, 0) is 0 Å². The Hall–Kier alpha value is -1.66. The fourth-order valence-corrected chi connectivity index (χ4v) is 3.70. The second-order valence-corrected chi connectivity index (χ2v) is 6.67. The Bertz CT molecular complexity index is 692. The van der Waals surface area contributed by atoms with Crippen LogP contribution in [0.25, 0.3) is 0 Å². The molecule has 0 spiro atoms. The molecule has 1 amide bonds. The summed E-state index contributed by atoms with van der Waals surface area (Å²) in [6.07, 6.45) is 3.65. The topological polar surface area (TPSA) is 59.2 Å². The van der Waals surface area contributed by atoms with Gasteiger partial charge >= 0.3 is 0 Å². The Labute approximate surface area is 136 Å². The monoisotopic (exact) mass is 339 g/mol. The zero-order valence-corrected chi connectivity index (χ0v) is 13.3. The molecule has 1 fully saturated rings. The first-order chi connectivity index (χ1) is 10.6. The first kappa shape index (κ1) is 15.2. The van der Waals surface area contributed by atoms with E-state index in [2.05, 4.69) is 4.98 Å². The third kappa shape index (κ3) is 2.94. The van der Waals surface area contributed by atoms with Crippen LogP contribution < -0.4 is 5.73 Å². The minimum Gasteiger partial charge on any atom is -0.396 e. The van der Waals surface area contributed by atoms with Crippen molar-refractivity contribution in [3.05, 3.63) is 45.1 Å². The molecular weight excluding hydrogens is 325 g/mol. The Morgan fingerprint density at radius 2 is 2.32 bits per heavy atom. The largest absolute Gasteiger partial charge is 0.396 e. The maximum atomic E-state index is 13.7. The Morgan fingerprint density at radius 1 is 1.50 bits per heavy atom. The molecule has 2 aromatic rings. The Kier molecular flexibility index (Phi) is 4.31. The zero-order chi connectivity index (χ0) is 15.7. The van der Waals surface area contributed by atoms with Crippen LogP contribution in [-0.4, -0.2) is 28.9 Å². The van der Waals surface area contributed by atoms with E-state index >= 15 is 0 Å². The van der Waals surface area contributed by atoms with Crippen LogP contribution in [0, 0.1) is 5.82 Å². The number of likely N-dealkylation sites (tertiary alicyclic amines) is 1. The van der Waals surface area contributed by atoms with Crippen molar-refractivity contribution >= 4 is 34.5 Å². The average molecular weight is 340 g/mol. The van der Waals surface area contributed by atoms with Gasteiger partial charge in [-0.15, -0.1) is 11.3 Å². The smallest absolute Gasteiger partial charge is 0.256 e. The van der Waals surface area contributed by atoms with Gasteiger partial charge in [-0.05, 0) is 25.0 Å². The van der Waals surface area contributed by atoms with Gasteiger partial charge < -0.3 is 10.6 Å². The molecule has 7 heteroatoms. The number of thiazole rings is 1. The number of rotatable bonds is 2. The maximum Gasteiger partial charge on any atom is 0.256 e. The molecule has 1 aliphatic heterocycles. The predicted molar refractivity (Wildman–Crippen MR) is 85.8 cm³/mol. The van der Waals surface area contributed by atoms with E-state index in [9.17, 15) is 9.18 Å². The number of nitrogens with two attached hydrogens (primary N) is 1. The highest BCUT2D eigenvalue weighted by Crippen LogP contribution is 2.30. The van der Waals surface area contributed by atoms with Gasteiger partial charge in [0.1, 0.15) is 5.82 Å². The molecule has 0 bridgehead atoms. The number of nitrogen functional groups attached to an aromatic ring is 1. The van der Waals surface area contributed by atoms with Crippen molar-refractivity contribution in [2.75, 3.05) is 18.8 Å². The van der Waals surface area contributed by atoms with Gasteiger partial charge in [-0.3, -0.25) is 4.79 Å². The van der Waals surface area contributed by atoms with Crippen LogP contribution >= 0.6 is 22.9 Å². The second kappa shape index (κ2) is 6.22. The number of amides is 1. The summed E-state index contributed by atoms with van der Waals surface area (Å²) >= 11 is 7.43. The number of hydrogen-bond donors (Lipinski definition) is 1. The quantitative estimate of drug-likeness (QED) is 0.851. The molecule has 22 heavy (non-hydrogen) atoms. The minimum absolute atomic E-state index is 0.129. The van der Waals surface area contributed by atoms with Crippen LogP contribution in [0.1, 0.15) is 34.1 Å². The van der Waals surface area contributed by atoms with Crippen molar-refractivity contribution in [1.82, 2.24) is 9.88 Å². The highest BCUT2D eigenvalue weighted by atomic mass is 35.5. The summed E-state index contributed by atoms with van der Waals surface area (Å²) in [7, 11) is 0. The second-order valence-electron chi connectivity index (χ2n) is 5.31. The van der Waals surface area contributed by atoms with Crippen molar-refractivity contribution in [2.45, 2.75) is 18.8 Å². The lowest BCUT2D eigenvalue weighted by Crippen LogP contribution is -2.39.